The molecule has 0 nitrogen and oxygen atoms in total. The minimum Gasteiger partial charge on any atom is -0.0883 e. The van der Waals surface area contributed by atoms with Gasteiger partial charge < -0.3 is 0 Å². The maximum atomic E-state index is 3.66. The van der Waals surface area contributed by atoms with Crippen LogP contribution in [0.25, 0.3) is 0 Å². The summed E-state index contributed by atoms with van der Waals surface area (Å²) in [7, 11) is 3.66. The highest BCUT2D eigenvalue weighted by Gasteiger charge is 1.88. The molecule has 1 heteroatoms. The second-order valence-electron chi connectivity index (χ2n) is 3.67. The number of hydrogen-bond acceptors (Lipinski definition) is 0. The fraction of sp³-hybridized carbons (Fsp3) is 0.692. The number of allylic oxidation sites excluding steroid dienone is 4. The van der Waals surface area contributed by atoms with E-state index in [4.69, 9.17) is 0 Å². The lowest BCUT2D eigenvalue weighted by molar-refractivity contribution is 0.811. The maximum Gasteiger partial charge on any atom is 0.0379 e. The van der Waals surface area contributed by atoms with Crippen LogP contribution in [0.15, 0.2) is 24.3 Å². The molecule has 0 aromatic carbocycles. The van der Waals surface area contributed by atoms with Crippen molar-refractivity contribution in [2.75, 3.05) is 0 Å². The van der Waals surface area contributed by atoms with E-state index in [1.54, 1.807) is 0 Å². The lowest BCUT2D eigenvalue weighted by Crippen LogP contribution is -1.81. The summed E-state index contributed by atoms with van der Waals surface area (Å²) in [5.41, 5.74) is 0.420. The monoisotopic (exact) mass is 207 g/mol. The molecular weight excluding hydrogens is 184 g/mol. The zero-order chi connectivity index (χ0) is 10.6. The van der Waals surface area contributed by atoms with Crippen molar-refractivity contribution in [1.29, 1.82) is 0 Å². The Bertz CT molecular complexity index is 141. The van der Waals surface area contributed by atoms with Gasteiger partial charge in [0.25, 0.3) is 0 Å². The third-order valence-corrected chi connectivity index (χ3v) is 2.52. The normalized spacial score (nSPS) is 12.3. The van der Waals surface area contributed by atoms with Crippen molar-refractivity contribution >= 4 is 10.2 Å². The van der Waals surface area contributed by atoms with Crippen LogP contribution in [0.4, 0.5) is 0 Å². The van der Waals surface area contributed by atoms with Crippen LogP contribution in [0.3, 0.4) is 0 Å². The molecule has 0 amide bonds. The molecule has 0 unspecified atom stereocenters. The van der Waals surface area contributed by atoms with Crippen molar-refractivity contribution < 1.29 is 0 Å². The molecule has 0 saturated carbocycles. The zero-order valence-electron chi connectivity index (χ0n) is 9.63. The SMILES string of the molecule is CCCC/C=C/C([Si])/C=C/CCCC. The Morgan fingerprint density at radius 2 is 1.36 bits per heavy atom. The van der Waals surface area contributed by atoms with Gasteiger partial charge in [-0.05, 0) is 18.4 Å². The van der Waals surface area contributed by atoms with Crippen molar-refractivity contribution in [2.45, 2.75) is 57.9 Å². The minimum atomic E-state index is 0.420. The zero-order valence-corrected chi connectivity index (χ0v) is 10.6. The molecule has 0 saturated heterocycles. The first-order chi connectivity index (χ1) is 6.81. The van der Waals surface area contributed by atoms with E-state index in [0.717, 1.165) is 0 Å². The molecule has 3 radical (unpaired) electrons. The van der Waals surface area contributed by atoms with Crippen LogP contribution < -0.4 is 0 Å². The fourth-order valence-electron chi connectivity index (χ4n) is 1.19. The molecule has 0 fully saturated rings. The molecule has 0 aromatic heterocycles. The summed E-state index contributed by atoms with van der Waals surface area (Å²) in [6, 6.07) is 0. The van der Waals surface area contributed by atoms with Crippen molar-refractivity contribution in [3.63, 3.8) is 0 Å². The van der Waals surface area contributed by atoms with Crippen LogP contribution in [-0.2, 0) is 0 Å². The largest absolute Gasteiger partial charge is 0.0883 e. The van der Waals surface area contributed by atoms with Crippen LogP contribution in [0.2, 0.25) is 5.54 Å². The average molecular weight is 207 g/mol. The Morgan fingerprint density at radius 1 is 0.929 bits per heavy atom. The number of hydrogen-bond donors (Lipinski definition) is 0. The highest BCUT2D eigenvalue weighted by molar-refractivity contribution is 6.14. The van der Waals surface area contributed by atoms with Crippen LogP contribution in [0.5, 0.6) is 0 Å². The van der Waals surface area contributed by atoms with Gasteiger partial charge in [0.2, 0.25) is 0 Å². The molecule has 0 aliphatic carbocycles. The van der Waals surface area contributed by atoms with E-state index in [0.29, 0.717) is 5.54 Å². The van der Waals surface area contributed by atoms with Gasteiger partial charge >= 0.3 is 0 Å². The van der Waals surface area contributed by atoms with Gasteiger partial charge in [-0.1, -0.05) is 63.8 Å². The summed E-state index contributed by atoms with van der Waals surface area (Å²) in [6.07, 6.45) is 16.6. The highest BCUT2D eigenvalue weighted by Crippen LogP contribution is 2.07. The molecule has 14 heavy (non-hydrogen) atoms. The molecule has 0 spiro atoms. The van der Waals surface area contributed by atoms with Crippen molar-refractivity contribution in [1.82, 2.24) is 0 Å². The van der Waals surface area contributed by atoms with Gasteiger partial charge in [-0.25, -0.2) is 0 Å². The summed E-state index contributed by atoms with van der Waals surface area (Å²) in [6.45, 7) is 4.45. The van der Waals surface area contributed by atoms with Gasteiger partial charge in [-0.3, -0.25) is 0 Å². The van der Waals surface area contributed by atoms with Crippen LogP contribution in [0.1, 0.15) is 52.4 Å². The molecule has 0 aliphatic heterocycles. The third kappa shape index (κ3) is 9.78. The molecule has 0 aromatic rings. The van der Waals surface area contributed by atoms with Gasteiger partial charge in [0.05, 0.1) is 0 Å². The Labute approximate surface area is 92.9 Å². The highest BCUT2D eigenvalue weighted by atomic mass is 28.1. The predicted molar refractivity (Wildman–Crippen MR) is 66.8 cm³/mol. The fourth-order valence-corrected chi connectivity index (χ4v) is 1.47. The predicted octanol–water partition coefficient (Wildman–Crippen LogP) is 4.44. The molecule has 0 N–H and O–H groups in total. The van der Waals surface area contributed by atoms with Gasteiger partial charge in [0.1, 0.15) is 0 Å². The second-order valence-corrected chi connectivity index (χ2v) is 4.33. The summed E-state index contributed by atoms with van der Waals surface area (Å²) in [4.78, 5) is 0. The van der Waals surface area contributed by atoms with Gasteiger partial charge in [0, 0.05) is 10.2 Å². The van der Waals surface area contributed by atoms with Crippen molar-refractivity contribution in [3.05, 3.63) is 24.3 Å². The second kappa shape index (κ2) is 10.8. The standard InChI is InChI=1S/C13H23Si/c1-3-5-7-9-11-13(14)12-10-8-6-4-2/h9-13H,3-8H2,1-2H3/b11-9+,12-10+. The summed E-state index contributed by atoms with van der Waals surface area (Å²) in [5.74, 6) is 0. The Kier molecular flexibility index (Phi) is 10.5. The molecule has 0 bridgehead atoms. The van der Waals surface area contributed by atoms with Crippen LogP contribution >= 0.6 is 0 Å². The van der Waals surface area contributed by atoms with Gasteiger partial charge in [-0.15, -0.1) is 0 Å². The summed E-state index contributed by atoms with van der Waals surface area (Å²) < 4.78 is 0. The molecule has 0 heterocycles. The quantitative estimate of drug-likeness (QED) is 0.314. The van der Waals surface area contributed by atoms with Crippen LogP contribution in [-0.4, -0.2) is 10.2 Å². The topological polar surface area (TPSA) is 0 Å². The van der Waals surface area contributed by atoms with E-state index in [1.807, 2.05) is 0 Å². The third-order valence-electron chi connectivity index (χ3n) is 2.14. The Morgan fingerprint density at radius 3 is 1.71 bits per heavy atom. The van der Waals surface area contributed by atoms with E-state index in [-0.39, 0.29) is 0 Å². The molecule has 79 valence electrons. The Balaban J connectivity index is 3.47. The summed E-state index contributed by atoms with van der Waals surface area (Å²) >= 11 is 0. The molecule has 0 rings (SSSR count). The first-order valence-corrected chi connectivity index (χ1v) is 6.43. The average Bonchev–Trinajstić information content (AvgIpc) is 2.19. The molecule has 0 atom stereocenters. The first kappa shape index (κ1) is 13.7. The van der Waals surface area contributed by atoms with E-state index in [1.165, 1.54) is 38.5 Å². The smallest absolute Gasteiger partial charge is 0.0379 e. The minimum absolute atomic E-state index is 0.420. The van der Waals surface area contributed by atoms with Gasteiger partial charge in [0.15, 0.2) is 0 Å². The van der Waals surface area contributed by atoms with Crippen molar-refractivity contribution in [3.8, 4) is 0 Å². The lowest BCUT2D eigenvalue weighted by Gasteiger charge is -1.97. The molecular formula is C13H23Si. The first-order valence-electron chi connectivity index (χ1n) is 5.85. The number of unbranched alkanes of at least 4 members (excludes halogenated alkanes) is 4. The maximum absolute atomic E-state index is 3.66. The van der Waals surface area contributed by atoms with E-state index < -0.39 is 0 Å². The van der Waals surface area contributed by atoms with Crippen LogP contribution in [0, 0.1) is 0 Å². The van der Waals surface area contributed by atoms with E-state index in [2.05, 4.69) is 48.4 Å². The summed E-state index contributed by atoms with van der Waals surface area (Å²) in [5, 5.41) is 0. The van der Waals surface area contributed by atoms with E-state index in [9.17, 15) is 0 Å². The lowest BCUT2D eigenvalue weighted by atomic mass is 10.2. The number of rotatable bonds is 8. The van der Waals surface area contributed by atoms with Crippen molar-refractivity contribution in [2.24, 2.45) is 0 Å². The molecule has 0 aliphatic rings. The Hall–Kier alpha value is -0.303. The van der Waals surface area contributed by atoms with Gasteiger partial charge in [-0.2, -0.15) is 0 Å². The van der Waals surface area contributed by atoms with E-state index >= 15 is 0 Å².